The van der Waals surface area contributed by atoms with E-state index in [1.54, 1.807) is 0 Å². The van der Waals surface area contributed by atoms with Gasteiger partial charge in [0.15, 0.2) is 0 Å². The largest absolute Gasteiger partial charge is 0.474 e. The Hall–Kier alpha value is -1.09. The van der Waals surface area contributed by atoms with Crippen LogP contribution in [-0.4, -0.2) is 16.6 Å². The number of hydrogen-bond acceptors (Lipinski definition) is 3. The minimum Gasteiger partial charge on any atom is -0.474 e. The third-order valence-corrected chi connectivity index (χ3v) is 3.15. The normalized spacial score (nSPS) is 16.4. The molecule has 100 valence electrons. The molecule has 1 N–H and O–H groups in total. The molecule has 2 rings (SSSR count). The lowest BCUT2D eigenvalue weighted by molar-refractivity contribution is 0.114. The van der Waals surface area contributed by atoms with Crippen LogP contribution in [0.4, 0.5) is 0 Å². The minimum absolute atomic E-state index is 0.131. The molecule has 0 atom stereocenters. The molecule has 1 saturated carbocycles. The van der Waals surface area contributed by atoms with Crippen molar-refractivity contribution < 1.29 is 4.74 Å². The molecule has 0 amide bonds. The van der Waals surface area contributed by atoms with Crippen LogP contribution >= 0.6 is 0 Å². The van der Waals surface area contributed by atoms with Crippen LogP contribution in [0.3, 0.4) is 0 Å². The van der Waals surface area contributed by atoms with Crippen LogP contribution in [-0.2, 0) is 6.54 Å². The Labute approximate surface area is 110 Å². The Balaban J connectivity index is 2.01. The van der Waals surface area contributed by atoms with Gasteiger partial charge in [-0.1, -0.05) is 0 Å². The zero-order valence-electron chi connectivity index (χ0n) is 11.9. The van der Waals surface area contributed by atoms with Gasteiger partial charge in [0.25, 0.3) is 0 Å². The molecule has 1 heterocycles. The van der Waals surface area contributed by atoms with Crippen molar-refractivity contribution in [2.24, 2.45) is 0 Å². The number of nitrogens with zero attached hydrogens (tertiary/aromatic N) is 1. The van der Waals surface area contributed by atoms with Crippen molar-refractivity contribution in [2.45, 2.75) is 65.1 Å². The molecule has 0 unspecified atom stereocenters. The SMILES string of the molecule is Cc1cc(CNC(C)(C)C)cc(OC2CCC2)n1. The molecule has 1 aromatic heterocycles. The number of aryl methyl sites for hydroxylation is 1. The quantitative estimate of drug-likeness (QED) is 0.888. The van der Waals surface area contributed by atoms with Crippen LogP contribution in [0.2, 0.25) is 0 Å². The second-order valence-electron chi connectivity index (χ2n) is 6.23. The lowest BCUT2D eigenvalue weighted by Gasteiger charge is -2.26. The summed E-state index contributed by atoms with van der Waals surface area (Å²) in [4.78, 5) is 4.45. The monoisotopic (exact) mass is 248 g/mol. The molecule has 1 aliphatic rings. The maximum absolute atomic E-state index is 5.86. The highest BCUT2D eigenvalue weighted by Crippen LogP contribution is 2.24. The zero-order valence-corrected chi connectivity index (χ0v) is 11.9. The molecule has 1 aliphatic carbocycles. The van der Waals surface area contributed by atoms with Crippen molar-refractivity contribution in [3.63, 3.8) is 0 Å². The van der Waals surface area contributed by atoms with Crippen LogP contribution in [0, 0.1) is 6.92 Å². The molecule has 0 radical (unpaired) electrons. The number of nitrogens with one attached hydrogen (secondary N) is 1. The van der Waals surface area contributed by atoms with Gasteiger partial charge in [-0.2, -0.15) is 0 Å². The Kier molecular flexibility index (Phi) is 3.91. The molecule has 18 heavy (non-hydrogen) atoms. The summed E-state index contributed by atoms with van der Waals surface area (Å²) >= 11 is 0. The van der Waals surface area contributed by atoms with Gasteiger partial charge in [-0.15, -0.1) is 0 Å². The third kappa shape index (κ3) is 3.98. The van der Waals surface area contributed by atoms with Gasteiger partial charge in [0, 0.05) is 23.8 Å². The van der Waals surface area contributed by atoms with Crippen LogP contribution < -0.4 is 10.1 Å². The van der Waals surface area contributed by atoms with E-state index >= 15 is 0 Å². The molecular formula is C15H24N2O. The first-order valence-corrected chi connectivity index (χ1v) is 6.82. The van der Waals surface area contributed by atoms with Crippen molar-refractivity contribution in [2.75, 3.05) is 0 Å². The van der Waals surface area contributed by atoms with Crippen LogP contribution in [0.25, 0.3) is 0 Å². The summed E-state index contributed by atoms with van der Waals surface area (Å²) in [5, 5.41) is 3.49. The number of hydrogen-bond donors (Lipinski definition) is 1. The van der Waals surface area contributed by atoms with E-state index in [4.69, 9.17) is 4.74 Å². The Morgan fingerprint density at radius 1 is 1.33 bits per heavy atom. The van der Waals surface area contributed by atoms with E-state index in [1.165, 1.54) is 24.8 Å². The van der Waals surface area contributed by atoms with Crippen molar-refractivity contribution in [3.05, 3.63) is 23.4 Å². The van der Waals surface area contributed by atoms with Gasteiger partial charge in [-0.3, -0.25) is 0 Å². The van der Waals surface area contributed by atoms with E-state index in [-0.39, 0.29) is 5.54 Å². The second-order valence-corrected chi connectivity index (χ2v) is 6.23. The summed E-state index contributed by atoms with van der Waals surface area (Å²) in [6.07, 6.45) is 4.02. The van der Waals surface area contributed by atoms with Gasteiger partial charge >= 0.3 is 0 Å². The fraction of sp³-hybridized carbons (Fsp3) is 0.667. The van der Waals surface area contributed by atoms with Crippen molar-refractivity contribution >= 4 is 0 Å². The molecule has 0 saturated heterocycles. The lowest BCUT2D eigenvalue weighted by atomic mass is 9.96. The van der Waals surface area contributed by atoms with Crippen molar-refractivity contribution in [1.29, 1.82) is 0 Å². The average Bonchev–Trinajstić information content (AvgIpc) is 2.19. The lowest BCUT2D eigenvalue weighted by Crippen LogP contribution is -2.35. The highest BCUT2D eigenvalue weighted by atomic mass is 16.5. The van der Waals surface area contributed by atoms with E-state index in [0.717, 1.165) is 18.1 Å². The molecule has 0 bridgehead atoms. The summed E-state index contributed by atoms with van der Waals surface area (Å²) in [7, 11) is 0. The summed E-state index contributed by atoms with van der Waals surface area (Å²) in [6, 6.07) is 4.18. The highest BCUT2D eigenvalue weighted by Gasteiger charge is 2.20. The van der Waals surface area contributed by atoms with Crippen LogP contribution in [0.15, 0.2) is 12.1 Å². The van der Waals surface area contributed by atoms with Crippen LogP contribution in [0.5, 0.6) is 5.88 Å². The maximum atomic E-state index is 5.86. The Bertz CT molecular complexity index is 405. The summed E-state index contributed by atoms with van der Waals surface area (Å²) < 4.78 is 5.86. The topological polar surface area (TPSA) is 34.1 Å². The predicted molar refractivity (Wildman–Crippen MR) is 73.8 cm³/mol. The first kappa shape index (κ1) is 13.3. The highest BCUT2D eigenvalue weighted by molar-refractivity contribution is 5.25. The third-order valence-electron chi connectivity index (χ3n) is 3.15. The van der Waals surface area contributed by atoms with Gasteiger partial charge < -0.3 is 10.1 Å². The molecule has 3 nitrogen and oxygen atoms in total. The Morgan fingerprint density at radius 3 is 2.61 bits per heavy atom. The van der Waals surface area contributed by atoms with E-state index in [1.807, 2.05) is 6.92 Å². The molecule has 0 aromatic carbocycles. The number of ether oxygens (including phenoxy) is 1. The standard InChI is InChI=1S/C15H24N2O/c1-11-8-12(10-16-15(2,3)4)9-14(17-11)18-13-6-5-7-13/h8-9,13,16H,5-7,10H2,1-4H3. The molecule has 3 heteroatoms. The number of pyridine rings is 1. The van der Waals surface area contributed by atoms with Gasteiger partial charge in [0.1, 0.15) is 6.10 Å². The van der Waals surface area contributed by atoms with Gasteiger partial charge in [0.2, 0.25) is 5.88 Å². The van der Waals surface area contributed by atoms with Gasteiger partial charge in [0.05, 0.1) is 0 Å². The van der Waals surface area contributed by atoms with Gasteiger partial charge in [-0.05, 0) is 58.6 Å². The molecule has 0 aliphatic heterocycles. The molecular weight excluding hydrogens is 224 g/mol. The summed E-state index contributed by atoms with van der Waals surface area (Å²) in [5.41, 5.74) is 2.40. The number of rotatable bonds is 4. The van der Waals surface area contributed by atoms with Crippen molar-refractivity contribution in [3.8, 4) is 5.88 Å². The van der Waals surface area contributed by atoms with E-state index in [9.17, 15) is 0 Å². The van der Waals surface area contributed by atoms with Gasteiger partial charge in [-0.25, -0.2) is 4.98 Å². The molecule has 1 fully saturated rings. The second kappa shape index (κ2) is 5.27. The predicted octanol–water partition coefficient (Wildman–Crippen LogP) is 3.21. The summed E-state index contributed by atoms with van der Waals surface area (Å²) in [6.45, 7) is 9.40. The number of aromatic nitrogens is 1. The fourth-order valence-electron chi connectivity index (χ4n) is 1.90. The van der Waals surface area contributed by atoms with E-state index in [0.29, 0.717) is 6.10 Å². The first-order chi connectivity index (χ1) is 8.42. The zero-order chi connectivity index (χ0) is 13.2. The average molecular weight is 248 g/mol. The smallest absolute Gasteiger partial charge is 0.214 e. The fourth-order valence-corrected chi connectivity index (χ4v) is 1.90. The van der Waals surface area contributed by atoms with E-state index in [2.05, 4.69) is 43.2 Å². The summed E-state index contributed by atoms with van der Waals surface area (Å²) in [5.74, 6) is 0.783. The molecule has 1 aromatic rings. The Morgan fingerprint density at radius 2 is 2.06 bits per heavy atom. The minimum atomic E-state index is 0.131. The van der Waals surface area contributed by atoms with Crippen molar-refractivity contribution in [1.82, 2.24) is 10.3 Å². The maximum Gasteiger partial charge on any atom is 0.214 e. The first-order valence-electron chi connectivity index (χ1n) is 6.82. The van der Waals surface area contributed by atoms with Crippen LogP contribution in [0.1, 0.15) is 51.3 Å². The van der Waals surface area contributed by atoms with E-state index < -0.39 is 0 Å². The molecule has 0 spiro atoms.